The highest BCUT2D eigenvalue weighted by Gasteiger charge is 2.52. The molecule has 2 unspecified atom stereocenters. The second-order valence-electron chi connectivity index (χ2n) is 8.47. The Balaban J connectivity index is 1.72. The smallest absolute Gasteiger partial charge is 0.341 e. The first-order valence-corrected chi connectivity index (χ1v) is 10.6. The van der Waals surface area contributed by atoms with Crippen LogP contribution < -0.4 is 5.32 Å². The molecular formula is C24H27F3N2O. The van der Waals surface area contributed by atoms with Crippen molar-refractivity contribution in [2.75, 3.05) is 7.05 Å². The van der Waals surface area contributed by atoms with E-state index < -0.39 is 17.3 Å². The summed E-state index contributed by atoms with van der Waals surface area (Å²) < 4.78 is 39.4. The number of aryl methyl sites for hydroxylation is 1. The van der Waals surface area contributed by atoms with Crippen LogP contribution >= 0.6 is 0 Å². The Morgan fingerprint density at radius 3 is 2.53 bits per heavy atom. The molecule has 2 bridgehead atoms. The fourth-order valence-electron chi connectivity index (χ4n) is 5.36. The first kappa shape index (κ1) is 20.9. The van der Waals surface area contributed by atoms with Crippen LogP contribution in [0.2, 0.25) is 0 Å². The van der Waals surface area contributed by atoms with E-state index in [1.807, 2.05) is 30.3 Å². The minimum Gasteiger partial charge on any atom is -0.341 e. The molecule has 3 nitrogen and oxygen atoms in total. The maximum Gasteiger partial charge on any atom is 0.416 e. The molecule has 1 amide bonds. The van der Waals surface area contributed by atoms with Crippen molar-refractivity contribution in [2.24, 2.45) is 0 Å². The average Bonchev–Trinajstić information content (AvgIpc) is 2.99. The van der Waals surface area contributed by atoms with Crippen molar-refractivity contribution in [1.29, 1.82) is 0 Å². The van der Waals surface area contributed by atoms with Gasteiger partial charge in [-0.05, 0) is 68.5 Å². The molecule has 1 N–H and O–H groups in total. The molecule has 0 aliphatic carbocycles. The number of fused-ring (bicyclic) bond motifs is 2. The Labute approximate surface area is 175 Å². The lowest BCUT2D eigenvalue weighted by Gasteiger charge is -2.48. The quantitative estimate of drug-likeness (QED) is 0.748. The molecule has 0 radical (unpaired) electrons. The zero-order chi connectivity index (χ0) is 21.5. The van der Waals surface area contributed by atoms with Crippen molar-refractivity contribution in [3.8, 4) is 0 Å². The Hall–Kier alpha value is -2.34. The van der Waals surface area contributed by atoms with Crippen molar-refractivity contribution in [3.05, 3.63) is 70.8 Å². The molecule has 2 aromatic rings. The number of amides is 1. The number of hydrogen-bond donors (Lipinski definition) is 1. The van der Waals surface area contributed by atoms with Crippen LogP contribution in [0, 0.1) is 0 Å². The lowest BCUT2D eigenvalue weighted by Crippen LogP contribution is -2.61. The third kappa shape index (κ3) is 3.51. The maximum atomic E-state index is 13.4. The SMILES string of the molecule is CCc1cc(C(F)(F)F)ccc1C(=O)N[C@]1(c2ccccc2)CCC2CCC1N2C. The third-order valence-electron chi connectivity index (χ3n) is 6.97. The zero-order valence-corrected chi connectivity index (χ0v) is 17.3. The topological polar surface area (TPSA) is 32.3 Å². The van der Waals surface area contributed by atoms with Gasteiger partial charge in [0.05, 0.1) is 11.1 Å². The van der Waals surface area contributed by atoms with Crippen molar-refractivity contribution in [2.45, 2.75) is 62.8 Å². The predicted octanol–water partition coefficient (Wildman–Crippen LogP) is 5.15. The lowest BCUT2D eigenvalue weighted by molar-refractivity contribution is -0.137. The number of halogens is 3. The molecular weight excluding hydrogens is 389 g/mol. The van der Waals surface area contributed by atoms with Crippen LogP contribution in [0.25, 0.3) is 0 Å². The second-order valence-corrected chi connectivity index (χ2v) is 8.47. The summed E-state index contributed by atoms with van der Waals surface area (Å²) in [5, 5.41) is 3.29. The predicted molar refractivity (Wildman–Crippen MR) is 110 cm³/mol. The third-order valence-corrected chi connectivity index (χ3v) is 6.97. The molecule has 0 spiro atoms. The van der Waals surface area contributed by atoms with Crippen LogP contribution in [-0.4, -0.2) is 29.9 Å². The first-order chi connectivity index (χ1) is 14.3. The number of nitrogens with zero attached hydrogens (tertiary/aromatic N) is 1. The van der Waals surface area contributed by atoms with Crippen molar-refractivity contribution in [3.63, 3.8) is 0 Å². The highest BCUT2D eigenvalue weighted by molar-refractivity contribution is 5.96. The number of piperidine rings is 1. The number of carbonyl (C=O) groups is 1. The molecule has 2 aliphatic rings. The van der Waals surface area contributed by atoms with Crippen molar-refractivity contribution < 1.29 is 18.0 Å². The van der Waals surface area contributed by atoms with Gasteiger partial charge >= 0.3 is 6.18 Å². The standard InChI is InChI=1S/C24H27F3N2O/c1-3-16-15-18(24(25,26)27)9-11-20(16)22(30)28-23(17-7-5-4-6-8-17)14-13-19-10-12-21(23)29(19)2/h4-9,11,15,19,21H,3,10,12-14H2,1-2H3,(H,28,30)/t19?,21?,23-/m0/s1. The fourth-order valence-corrected chi connectivity index (χ4v) is 5.36. The van der Waals surface area contributed by atoms with Gasteiger partial charge in [-0.15, -0.1) is 0 Å². The Morgan fingerprint density at radius 2 is 1.87 bits per heavy atom. The van der Waals surface area contributed by atoms with Crippen molar-refractivity contribution >= 4 is 5.91 Å². The van der Waals surface area contributed by atoms with E-state index in [0.717, 1.165) is 43.4 Å². The number of nitrogens with one attached hydrogen (secondary N) is 1. The molecule has 2 saturated heterocycles. The van der Waals surface area contributed by atoms with Crippen molar-refractivity contribution in [1.82, 2.24) is 10.2 Å². The fraction of sp³-hybridized carbons (Fsp3) is 0.458. The van der Waals surface area contributed by atoms with E-state index >= 15 is 0 Å². The number of carbonyl (C=O) groups excluding carboxylic acids is 1. The molecule has 160 valence electrons. The summed E-state index contributed by atoms with van der Waals surface area (Å²) in [6, 6.07) is 14.1. The van der Waals surface area contributed by atoms with Gasteiger partial charge in [-0.2, -0.15) is 13.2 Å². The number of rotatable bonds is 4. The van der Waals surface area contributed by atoms with Gasteiger partial charge in [0.1, 0.15) is 0 Å². The van der Waals surface area contributed by atoms with Gasteiger partial charge in [-0.3, -0.25) is 9.69 Å². The minimum absolute atomic E-state index is 0.169. The number of likely N-dealkylation sites (N-methyl/N-ethyl adjacent to an activating group) is 1. The molecule has 4 rings (SSSR count). The molecule has 3 atom stereocenters. The van der Waals surface area contributed by atoms with E-state index in [1.54, 1.807) is 6.92 Å². The number of benzene rings is 2. The zero-order valence-electron chi connectivity index (χ0n) is 17.3. The minimum atomic E-state index is -4.42. The largest absolute Gasteiger partial charge is 0.416 e. The average molecular weight is 416 g/mol. The van der Waals surface area contributed by atoms with Gasteiger partial charge in [0.2, 0.25) is 0 Å². The highest BCUT2D eigenvalue weighted by atomic mass is 19.4. The molecule has 0 saturated carbocycles. The van der Waals surface area contributed by atoms with Crippen LogP contribution in [0.4, 0.5) is 13.2 Å². The van der Waals surface area contributed by atoms with Gasteiger partial charge < -0.3 is 5.32 Å². The Kier molecular flexibility index (Phi) is 5.39. The second kappa shape index (κ2) is 7.73. The van der Waals surface area contributed by atoms with Crippen LogP contribution in [0.15, 0.2) is 48.5 Å². The molecule has 0 aromatic heterocycles. The van der Waals surface area contributed by atoms with E-state index in [4.69, 9.17) is 0 Å². The van der Waals surface area contributed by atoms with Crippen LogP contribution in [0.5, 0.6) is 0 Å². The normalized spacial score (nSPS) is 26.6. The van der Waals surface area contributed by atoms with E-state index in [2.05, 4.69) is 17.3 Å². The molecule has 2 heterocycles. The molecule has 30 heavy (non-hydrogen) atoms. The highest BCUT2D eigenvalue weighted by Crippen LogP contribution is 2.46. The van der Waals surface area contributed by atoms with Crippen LogP contribution in [0.3, 0.4) is 0 Å². The number of hydrogen-bond acceptors (Lipinski definition) is 2. The monoisotopic (exact) mass is 416 g/mol. The summed E-state index contributed by atoms with van der Waals surface area (Å²) in [4.78, 5) is 15.8. The summed E-state index contributed by atoms with van der Waals surface area (Å²) in [6.07, 6.45) is -0.165. The molecule has 2 aromatic carbocycles. The first-order valence-electron chi connectivity index (χ1n) is 10.6. The van der Waals surface area contributed by atoms with E-state index in [9.17, 15) is 18.0 Å². The van der Waals surface area contributed by atoms with Crippen LogP contribution in [0.1, 0.15) is 59.7 Å². The summed E-state index contributed by atoms with van der Waals surface area (Å²) in [7, 11) is 2.11. The van der Waals surface area contributed by atoms with E-state index in [0.29, 0.717) is 23.6 Å². The van der Waals surface area contributed by atoms with E-state index in [-0.39, 0.29) is 11.9 Å². The number of alkyl halides is 3. The Morgan fingerprint density at radius 1 is 1.13 bits per heavy atom. The molecule has 2 fully saturated rings. The summed E-state index contributed by atoms with van der Waals surface area (Å²) in [5.74, 6) is -0.303. The summed E-state index contributed by atoms with van der Waals surface area (Å²) in [5.41, 5.74) is 0.529. The molecule has 6 heteroatoms. The van der Waals surface area contributed by atoms with E-state index in [1.165, 1.54) is 6.07 Å². The molecule has 2 aliphatic heterocycles. The van der Waals surface area contributed by atoms with Gasteiger partial charge in [0.15, 0.2) is 0 Å². The maximum absolute atomic E-state index is 13.4. The lowest BCUT2D eigenvalue weighted by atomic mass is 9.76. The summed E-state index contributed by atoms with van der Waals surface area (Å²) in [6.45, 7) is 1.77. The van der Waals surface area contributed by atoms with Gasteiger partial charge in [0.25, 0.3) is 5.91 Å². The van der Waals surface area contributed by atoms with Gasteiger partial charge in [-0.1, -0.05) is 37.3 Å². The van der Waals surface area contributed by atoms with Gasteiger partial charge in [0, 0.05) is 17.6 Å². The van der Waals surface area contributed by atoms with Gasteiger partial charge in [-0.25, -0.2) is 0 Å². The van der Waals surface area contributed by atoms with Crippen LogP contribution in [-0.2, 0) is 18.1 Å². The Bertz CT molecular complexity index is 928. The summed E-state index contributed by atoms with van der Waals surface area (Å²) >= 11 is 0.